The number of nitrogens with zero attached hydrogens (tertiary/aromatic N) is 1. The number of ether oxygens (including phenoxy) is 1. The zero-order valence-electron chi connectivity index (χ0n) is 14.9. The number of piperidine rings is 1. The maximum atomic E-state index is 13.9. The average Bonchev–Trinajstić information content (AvgIpc) is 2.58. The van der Waals surface area contributed by atoms with E-state index < -0.39 is 16.0 Å². The van der Waals surface area contributed by atoms with Crippen LogP contribution >= 0.6 is 24.0 Å². The topological polar surface area (TPSA) is 70.7 Å². The number of hydrogen-bond donors (Lipinski definition) is 2. The molecule has 0 spiro atoms. The van der Waals surface area contributed by atoms with Crippen LogP contribution in [0.15, 0.2) is 18.2 Å². The molecule has 26 heavy (non-hydrogen) atoms. The Labute approximate surface area is 166 Å². The maximum Gasteiger partial charge on any atom is 0.279 e. The molecule has 0 atom stereocenters. The zero-order chi connectivity index (χ0) is 18.5. The van der Waals surface area contributed by atoms with Gasteiger partial charge in [-0.15, -0.1) is 12.4 Å². The molecule has 0 saturated carbocycles. The lowest BCUT2D eigenvalue weighted by Crippen LogP contribution is -2.49. The lowest BCUT2D eigenvalue weighted by Gasteiger charge is -2.37. The van der Waals surface area contributed by atoms with Crippen LogP contribution in [0, 0.1) is 11.2 Å². The monoisotopic (exact) mass is 429 g/mol. The van der Waals surface area contributed by atoms with Crippen molar-refractivity contribution in [3.05, 3.63) is 34.6 Å². The zero-order valence-corrected chi connectivity index (χ0v) is 17.3. The number of nitrogens with one attached hydrogen (secondary N) is 2. The van der Waals surface area contributed by atoms with E-state index in [0.717, 1.165) is 30.2 Å². The Morgan fingerprint density at radius 2 is 2.04 bits per heavy atom. The molecular formula is C16H26Cl2FN3O3S. The molecule has 0 aromatic heterocycles. The smallest absolute Gasteiger partial charge is 0.279 e. The summed E-state index contributed by atoms with van der Waals surface area (Å²) in [7, 11) is -0.751. The van der Waals surface area contributed by atoms with Crippen LogP contribution in [0.1, 0.15) is 18.4 Å². The van der Waals surface area contributed by atoms with Crippen molar-refractivity contribution in [1.82, 2.24) is 14.3 Å². The van der Waals surface area contributed by atoms with Crippen molar-refractivity contribution in [2.24, 2.45) is 5.41 Å². The van der Waals surface area contributed by atoms with Crippen LogP contribution in [0.4, 0.5) is 4.39 Å². The van der Waals surface area contributed by atoms with E-state index in [-0.39, 0.29) is 41.5 Å². The number of rotatable bonds is 8. The standard InChI is InChI=1S/C16H25ClFN3O3S.ClH/c1-21(10-13-14(17)4-3-5-15(13)18)25(22,23)20-11-16(12-24-2)6-8-19-9-7-16;/h3-5,19-20H,6-12H2,1-2H3;1H. The van der Waals surface area contributed by atoms with Gasteiger partial charge in [-0.1, -0.05) is 17.7 Å². The van der Waals surface area contributed by atoms with Crippen LogP contribution in [0.5, 0.6) is 0 Å². The summed E-state index contributed by atoms with van der Waals surface area (Å²) in [5, 5.41) is 3.47. The van der Waals surface area contributed by atoms with Crippen molar-refractivity contribution in [2.45, 2.75) is 19.4 Å². The maximum absolute atomic E-state index is 13.9. The van der Waals surface area contributed by atoms with E-state index in [1.54, 1.807) is 7.11 Å². The Kier molecular flexibility index (Phi) is 9.22. The first-order chi connectivity index (χ1) is 11.8. The van der Waals surface area contributed by atoms with Gasteiger partial charge in [-0.05, 0) is 38.1 Å². The number of halogens is 3. The quantitative estimate of drug-likeness (QED) is 0.664. The Morgan fingerprint density at radius 1 is 1.38 bits per heavy atom. The Morgan fingerprint density at radius 3 is 2.62 bits per heavy atom. The lowest BCUT2D eigenvalue weighted by molar-refractivity contribution is 0.0574. The summed E-state index contributed by atoms with van der Waals surface area (Å²) in [6.07, 6.45) is 1.65. The molecule has 1 saturated heterocycles. The van der Waals surface area contributed by atoms with Crippen molar-refractivity contribution >= 4 is 34.2 Å². The van der Waals surface area contributed by atoms with E-state index in [4.69, 9.17) is 16.3 Å². The first-order valence-electron chi connectivity index (χ1n) is 8.13. The molecule has 1 fully saturated rings. The highest BCUT2D eigenvalue weighted by atomic mass is 35.5. The molecule has 2 rings (SSSR count). The molecule has 2 N–H and O–H groups in total. The molecular weight excluding hydrogens is 404 g/mol. The van der Waals surface area contributed by atoms with E-state index >= 15 is 0 Å². The van der Waals surface area contributed by atoms with Gasteiger partial charge in [-0.25, -0.2) is 9.11 Å². The lowest BCUT2D eigenvalue weighted by atomic mass is 9.80. The molecule has 0 unspecified atom stereocenters. The number of benzene rings is 1. The summed E-state index contributed by atoms with van der Waals surface area (Å²) in [6, 6.07) is 4.29. The fourth-order valence-corrected chi connectivity index (χ4v) is 4.21. The molecule has 1 aliphatic rings. The summed E-state index contributed by atoms with van der Waals surface area (Å²) >= 11 is 5.98. The van der Waals surface area contributed by atoms with E-state index in [0.29, 0.717) is 6.61 Å². The molecule has 1 heterocycles. The second-order valence-electron chi connectivity index (χ2n) is 6.47. The van der Waals surface area contributed by atoms with Crippen LogP contribution in [-0.4, -0.2) is 53.1 Å². The molecule has 6 nitrogen and oxygen atoms in total. The van der Waals surface area contributed by atoms with E-state index in [1.807, 2.05) is 0 Å². The molecule has 1 aromatic carbocycles. The van der Waals surface area contributed by atoms with Gasteiger partial charge in [0.25, 0.3) is 10.2 Å². The SMILES string of the molecule is COCC1(CNS(=O)(=O)N(C)Cc2c(F)cccc2Cl)CCNCC1.Cl. The Hall–Kier alpha value is -0.480. The Bertz CT molecular complexity index is 660. The van der Waals surface area contributed by atoms with Gasteiger partial charge in [-0.2, -0.15) is 12.7 Å². The normalized spacial score (nSPS) is 17.1. The van der Waals surface area contributed by atoms with Crippen LogP contribution in [0.2, 0.25) is 5.02 Å². The summed E-state index contributed by atoms with van der Waals surface area (Å²) in [4.78, 5) is 0. The first-order valence-corrected chi connectivity index (χ1v) is 9.95. The molecule has 0 bridgehead atoms. The third kappa shape index (κ3) is 6.02. The van der Waals surface area contributed by atoms with Crippen LogP contribution in [-0.2, 0) is 21.5 Å². The second-order valence-corrected chi connectivity index (χ2v) is 8.73. The van der Waals surface area contributed by atoms with Gasteiger partial charge in [0.2, 0.25) is 0 Å². The number of methoxy groups -OCH3 is 1. The minimum Gasteiger partial charge on any atom is -0.384 e. The van der Waals surface area contributed by atoms with Gasteiger partial charge in [-0.3, -0.25) is 0 Å². The van der Waals surface area contributed by atoms with Crippen LogP contribution in [0.25, 0.3) is 0 Å². The average molecular weight is 430 g/mol. The predicted octanol–water partition coefficient (Wildman–Crippen LogP) is 2.18. The Balaban J connectivity index is 0.00000338. The van der Waals surface area contributed by atoms with Gasteiger partial charge in [0.1, 0.15) is 5.82 Å². The highest BCUT2D eigenvalue weighted by molar-refractivity contribution is 7.87. The van der Waals surface area contributed by atoms with Gasteiger partial charge >= 0.3 is 0 Å². The largest absolute Gasteiger partial charge is 0.384 e. The van der Waals surface area contributed by atoms with Crippen LogP contribution < -0.4 is 10.0 Å². The highest BCUT2D eigenvalue weighted by Crippen LogP contribution is 2.29. The molecule has 10 heteroatoms. The van der Waals surface area contributed by atoms with Crippen LogP contribution in [0.3, 0.4) is 0 Å². The first kappa shape index (κ1) is 23.6. The molecule has 0 radical (unpaired) electrons. The van der Waals surface area contributed by atoms with E-state index in [9.17, 15) is 12.8 Å². The molecule has 1 aromatic rings. The summed E-state index contributed by atoms with van der Waals surface area (Å²) < 4.78 is 48.0. The van der Waals surface area contributed by atoms with Gasteiger partial charge < -0.3 is 10.1 Å². The van der Waals surface area contributed by atoms with Crippen molar-refractivity contribution in [2.75, 3.05) is 40.4 Å². The van der Waals surface area contributed by atoms with Crippen molar-refractivity contribution < 1.29 is 17.5 Å². The summed E-state index contributed by atoms with van der Waals surface area (Å²) in [6.45, 7) is 2.28. The van der Waals surface area contributed by atoms with Crippen molar-refractivity contribution in [3.63, 3.8) is 0 Å². The molecule has 0 aliphatic carbocycles. The summed E-state index contributed by atoms with van der Waals surface area (Å²) in [5.74, 6) is -0.524. The minimum atomic E-state index is -3.77. The van der Waals surface area contributed by atoms with E-state index in [1.165, 1.54) is 25.2 Å². The van der Waals surface area contributed by atoms with Gasteiger partial charge in [0.15, 0.2) is 0 Å². The second kappa shape index (κ2) is 10.2. The fraction of sp³-hybridized carbons (Fsp3) is 0.625. The van der Waals surface area contributed by atoms with Crippen molar-refractivity contribution in [3.8, 4) is 0 Å². The predicted molar refractivity (Wildman–Crippen MR) is 103 cm³/mol. The van der Waals surface area contributed by atoms with Gasteiger partial charge in [0.05, 0.1) is 6.61 Å². The minimum absolute atomic E-state index is 0. The molecule has 150 valence electrons. The third-order valence-corrected chi connectivity index (χ3v) is 6.41. The van der Waals surface area contributed by atoms with E-state index in [2.05, 4.69) is 10.0 Å². The highest BCUT2D eigenvalue weighted by Gasteiger charge is 2.34. The number of hydrogen-bond acceptors (Lipinski definition) is 4. The third-order valence-electron chi connectivity index (χ3n) is 4.60. The molecule has 1 aliphatic heterocycles. The van der Waals surface area contributed by atoms with Gasteiger partial charge in [0, 0.05) is 43.2 Å². The summed E-state index contributed by atoms with van der Waals surface area (Å²) in [5.41, 5.74) is -0.0747. The fourth-order valence-electron chi connectivity index (χ4n) is 2.98. The van der Waals surface area contributed by atoms with Crippen molar-refractivity contribution in [1.29, 1.82) is 0 Å². The molecule has 0 amide bonds.